The van der Waals surface area contributed by atoms with E-state index in [1.165, 1.54) is 16.7 Å². The van der Waals surface area contributed by atoms with Crippen molar-refractivity contribution in [3.05, 3.63) is 60.2 Å². The van der Waals surface area contributed by atoms with Gasteiger partial charge in [-0.1, -0.05) is 55.5 Å². The number of rotatable bonds is 7. The van der Waals surface area contributed by atoms with Crippen LogP contribution in [0.4, 0.5) is 0 Å². The Hall–Kier alpha value is -2.33. The van der Waals surface area contributed by atoms with Crippen molar-refractivity contribution in [3.63, 3.8) is 0 Å². The van der Waals surface area contributed by atoms with Crippen molar-refractivity contribution >= 4 is 6.02 Å². The first kappa shape index (κ1) is 17.0. The van der Waals surface area contributed by atoms with Gasteiger partial charge in [0.05, 0.1) is 6.04 Å². The maximum atomic E-state index is 7.26. The highest BCUT2D eigenvalue weighted by Crippen LogP contribution is 2.20. The maximum absolute atomic E-state index is 7.26. The van der Waals surface area contributed by atoms with Crippen LogP contribution in [0.25, 0.3) is 11.1 Å². The van der Waals surface area contributed by atoms with Crippen LogP contribution >= 0.6 is 0 Å². The molecule has 0 spiro atoms. The fourth-order valence-corrected chi connectivity index (χ4v) is 2.70. The van der Waals surface area contributed by atoms with E-state index in [0.29, 0.717) is 0 Å². The smallest absolute Gasteiger partial charge is 0.433 e. The minimum atomic E-state index is -0.0976. The van der Waals surface area contributed by atoms with Gasteiger partial charge in [0.2, 0.25) is 0 Å². The second-order valence-electron chi connectivity index (χ2n) is 5.76. The first-order valence-electron chi connectivity index (χ1n) is 8.00. The van der Waals surface area contributed by atoms with E-state index in [2.05, 4.69) is 65.3 Å². The Morgan fingerprint density at radius 1 is 1.13 bits per heavy atom. The number of benzene rings is 2. The maximum Gasteiger partial charge on any atom is 0.433 e. The van der Waals surface area contributed by atoms with Gasteiger partial charge in [0.1, 0.15) is 0 Å². The zero-order valence-electron chi connectivity index (χ0n) is 13.9. The summed E-state index contributed by atoms with van der Waals surface area (Å²) in [5.41, 5.74) is 9.10. The van der Waals surface area contributed by atoms with Crippen LogP contribution in [-0.4, -0.2) is 35.2 Å². The van der Waals surface area contributed by atoms with Crippen molar-refractivity contribution < 1.29 is 5.11 Å². The van der Waals surface area contributed by atoms with Gasteiger partial charge in [-0.3, -0.25) is 4.90 Å². The van der Waals surface area contributed by atoms with Gasteiger partial charge in [0.25, 0.3) is 0 Å². The number of hydrogen-bond acceptors (Lipinski definition) is 2. The van der Waals surface area contributed by atoms with E-state index in [0.717, 1.165) is 19.6 Å². The molecule has 0 saturated carbocycles. The highest BCUT2D eigenvalue weighted by Gasteiger charge is 2.10. The van der Waals surface area contributed by atoms with Crippen molar-refractivity contribution in [2.45, 2.75) is 26.4 Å². The van der Waals surface area contributed by atoms with Gasteiger partial charge in [-0.15, -0.1) is 0 Å². The number of aliphatic imine (C=N–C) groups is 1. The quantitative estimate of drug-likeness (QED) is 0.485. The Kier molecular flexibility index (Phi) is 6.18. The minimum Gasteiger partial charge on any atom is -0.565 e. The SMILES string of the molecule is CCN(Cc1cccc(-c2ccccc2)c1)C[C@@H](C)N=C(N)[OH2+]. The summed E-state index contributed by atoms with van der Waals surface area (Å²) in [5.74, 6) is 0. The van der Waals surface area contributed by atoms with E-state index in [9.17, 15) is 0 Å². The summed E-state index contributed by atoms with van der Waals surface area (Å²) >= 11 is 0. The predicted octanol–water partition coefficient (Wildman–Crippen LogP) is 2.60. The molecule has 0 radical (unpaired) electrons. The molecular weight excluding hydrogens is 286 g/mol. The normalized spacial score (nSPS) is 13.3. The molecule has 2 aromatic rings. The average Bonchev–Trinajstić information content (AvgIpc) is 2.54. The Morgan fingerprint density at radius 2 is 1.83 bits per heavy atom. The largest absolute Gasteiger partial charge is 0.565 e. The molecule has 1 atom stereocenters. The number of hydrogen-bond donors (Lipinski definition) is 1. The van der Waals surface area contributed by atoms with E-state index in [-0.39, 0.29) is 12.1 Å². The molecule has 4 heteroatoms. The molecule has 23 heavy (non-hydrogen) atoms. The van der Waals surface area contributed by atoms with Gasteiger partial charge in [-0.25, -0.2) is 0 Å². The summed E-state index contributed by atoms with van der Waals surface area (Å²) in [4.78, 5) is 6.41. The molecule has 4 N–H and O–H groups in total. The molecule has 0 aliphatic rings. The zero-order chi connectivity index (χ0) is 16.7. The lowest BCUT2D eigenvalue weighted by atomic mass is 10.0. The third-order valence-electron chi connectivity index (χ3n) is 3.77. The molecule has 0 aliphatic carbocycles. The predicted molar refractivity (Wildman–Crippen MR) is 97.5 cm³/mol. The van der Waals surface area contributed by atoms with Crippen molar-refractivity contribution in [2.75, 3.05) is 13.1 Å². The molecular formula is C19H26N3O+. The topological polar surface area (TPSA) is 64.5 Å². The van der Waals surface area contributed by atoms with Crippen LogP contribution < -0.4 is 5.73 Å². The van der Waals surface area contributed by atoms with Crippen molar-refractivity contribution in [1.82, 2.24) is 4.90 Å². The molecule has 0 fully saturated rings. The third kappa shape index (κ3) is 5.42. The molecule has 0 saturated heterocycles. The molecule has 2 rings (SSSR count). The summed E-state index contributed by atoms with van der Waals surface area (Å²) in [6.07, 6.45) is 0. The second kappa shape index (κ2) is 8.34. The van der Waals surface area contributed by atoms with Crippen LogP contribution in [-0.2, 0) is 6.54 Å². The van der Waals surface area contributed by atoms with Crippen molar-refractivity contribution in [1.29, 1.82) is 0 Å². The lowest BCUT2D eigenvalue weighted by Gasteiger charge is -2.22. The molecule has 0 bridgehead atoms. The van der Waals surface area contributed by atoms with Gasteiger partial charge in [0, 0.05) is 13.1 Å². The Bertz CT molecular complexity index is 636. The summed E-state index contributed by atoms with van der Waals surface area (Å²) < 4.78 is 0. The lowest BCUT2D eigenvalue weighted by Crippen LogP contribution is -2.31. The third-order valence-corrected chi connectivity index (χ3v) is 3.77. The van der Waals surface area contributed by atoms with Crippen LogP contribution in [0.3, 0.4) is 0 Å². The van der Waals surface area contributed by atoms with Gasteiger partial charge >= 0.3 is 6.02 Å². The van der Waals surface area contributed by atoms with Gasteiger partial charge < -0.3 is 10.8 Å². The first-order valence-corrected chi connectivity index (χ1v) is 8.00. The Balaban J connectivity index is 2.08. The van der Waals surface area contributed by atoms with Crippen LogP contribution in [0.1, 0.15) is 19.4 Å². The van der Waals surface area contributed by atoms with Gasteiger partial charge in [-0.05, 0) is 36.2 Å². The molecule has 4 nitrogen and oxygen atoms in total. The highest BCUT2D eigenvalue weighted by atomic mass is 16.3. The molecule has 2 aromatic carbocycles. The monoisotopic (exact) mass is 312 g/mol. The highest BCUT2D eigenvalue weighted by molar-refractivity contribution is 5.68. The van der Waals surface area contributed by atoms with Crippen LogP contribution in [0.2, 0.25) is 0 Å². The summed E-state index contributed by atoms with van der Waals surface area (Å²) in [6.45, 7) is 6.74. The van der Waals surface area contributed by atoms with Crippen LogP contribution in [0, 0.1) is 0 Å². The Morgan fingerprint density at radius 3 is 2.48 bits per heavy atom. The van der Waals surface area contributed by atoms with Crippen LogP contribution in [0.5, 0.6) is 0 Å². The van der Waals surface area contributed by atoms with E-state index in [1.807, 2.05) is 13.0 Å². The van der Waals surface area contributed by atoms with Crippen LogP contribution in [0.15, 0.2) is 59.6 Å². The lowest BCUT2D eigenvalue weighted by molar-refractivity contribution is 0.266. The fourth-order valence-electron chi connectivity index (χ4n) is 2.70. The van der Waals surface area contributed by atoms with Crippen molar-refractivity contribution in [3.8, 4) is 11.1 Å². The van der Waals surface area contributed by atoms with E-state index >= 15 is 0 Å². The second-order valence-corrected chi connectivity index (χ2v) is 5.76. The number of nitrogens with two attached hydrogens (primary N) is 1. The Labute approximate surface area is 138 Å². The number of likely N-dealkylation sites (N-methyl/N-ethyl adjacent to an activating group) is 1. The standard InChI is InChI=1S/C19H25N3O/c1-3-22(13-15(2)21-19(20)23)14-16-8-7-11-18(12-16)17-9-5-4-6-10-17/h4-12,15H,3,13-14H2,1-2H3,(H3,20,21,23)/p+1/t15-/m1/s1. The summed E-state index contributed by atoms with van der Waals surface area (Å²) in [7, 11) is 0. The van der Waals surface area contributed by atoms with Crippen molar-refractivity contribution in [2.24, 2.45) is 10.7 Å². The van der Waals surface area contributed by atoms with Gasteiger partial charge in [-0.2, -0.15) is 4.99 Å². The minimum absolute atomic E-state index is 0.0322. The van der Waals surface area contributed by atoms with Gasteiger partial charge in [0.15, 0.2) is 0 Å². The van der Waals surface area contributed by atoms with E-state index < -0.39 is 0 Å². The molecule has 0 aliphatic heterocycles. The number of nitrogens with zero attached hydrogens (tertiary/aromatic N) is 2. The first-order chi connectivity index (χ1) is 11.1. The molecule has 122 valence electrons. The average molecular weight is 312 g/mol. The zero-order valence-corrected chi connectivity index (χ0v) is 13.9. The fraction of sp³-hybridized carbons (Fsp3) is 0.316. The molecule has 0 unspecified atom stereocenters. The summed E-state index contributed by atoms with van der Waals surface area (Å²) in [5, 5.41) is 7.26. The van der Waals surface area contributed by atoms with E-state index in [4.69, 9.17) is 10.8 Å². The summed E-state index contributed by atoms with van der Waals surface area (Å²) in [6, 6.07) is 19.0. The number of amidine groups is 1. The molecule has 0 heterocycles. The van der Waals surface area contributed by atoms with E-state index in [1.54, 1.807) is 0 Å². The molecule has 0 aromatic heterocycles. The molecule has 0 amide bonds.